The summed E-state index contributed by atoms with van der Waals surface area (Å²) in [4.78, 5) is 4.09. The Morgan fingerprint density at radius 3 is 2.53 bits per heavy atom. The van der Waals surface area contributed by atoms with Crippen molar-refractivity contribution in [2.24, 2.45) is 0 Å². The molecule has 3 heteroatoms. The van der Waals surface area contributed by atoms with Crippen molar-refractivity contribution in [2.75, 3.05) is 12.8 Å². The minimum absolute atomic E-state index is 0.813. The molecule has 2 aromatic rings. The third kappa shape index (κ3) is 2.97. The summed E-state index contributed by atoms with van der Waals surface area (Å²) in [6.45, 7) is 0. The molecule has 2 rings (SSSR count). The van der Waals surface area contributed by atoms with Crippen LogP contribution in [0, 0.1) is 0 Å². The summed E-state index contributed by atoms with van der Waals surface area (Å²) < 4.78 is 5.12. The Morgan fingerprint density at radius 2 is 1.88 bits per heavy atom. The normalized spacial score (nSPS) is 10.2. The number of hydrogen-bond acceptors (Lipinski definition) is 3. The molecular weight excluding hydrogens is 212 g/mol. The molecule has 0 aliphatic heterocycles. The Bertz CT molecular complexity index is 480. The Kier molecular flexibility index (Phi) is 3.60. The van der Waals surface area contributed by atoms with E-state index >= 15 is 0 Å². The molecular formula is C14H16N2O. The van der Waals surface area contributed by atoms with Gasteiger partial charge >= 0.3 is 0 Å². The van der Waals surface area contributed by atoms with Gasteiger partial charge in [-0.2, -0.15) is 0 Å². The summed E-state index contributed by atoms with van der Waals surface area (Å²) in [5, 5.41) is 0. The second kappa shape index (κ2) is 5.34. The highest BCUT2D eigenvalue weighted by Gasteiger charge is 2.00. The lowest BCUT2D eigenvalue weighted by Crippen LogP contribution is -1.97. The SMILES string of the molecule is COc1ccc(CCc2cnccc2N)cc1. The van der Waals surface area contributed by atoms with Crippen LogP contribution < -0.4 is 10.5 Å². The van der Waals surface area contributed by atoms with Gasteiger partial charge in [0.1, 0.15) is 5.75 Å². The molecule has 0 saturated heterocycles. The maximum Gasteiger partial charge on any atom is 0.118 e. The van der Waals surface area contributed by atoms with Crippen molar-refractivity contribution < 1.29 is 4.74 Å². The lowest BCUT2D eigenvalue weighted by Gasteiger charge is -2.05. The van der Waals surface area contributed by atoms with Crippen LogP contribution in [0.3, 0.4) is 0 Å². The van der Waals surface area contributed by atoms with Crippen LogP contribution in [0.2, 0.25) is 0 Å². The van der Waals surface area contributed by atoms with E-state index in [-0.39, 0.29) is 0 Å². The van der Waals surface area contributed by atoms with Crippen molar-refractivity contribution in [1.82, 2.24) is 4.98 Å². The van der Waals surface area contributed by atoms with Crippen molar-refractivity contribution in [3.63, 3.8) is 0 Å². The molecule has 0 amide bonds. The molecule has 88 valence electrons. The zero-order chi connectivity index (χ0) is 12.1. The predicted molar refractivity (Wildman–Crippen MR) is 69.1 cm³/mol. The number of methoxy groups -OCH3 is 1. The number of rotatable bonds is 4. The lowest BCUT2D eigenvalue weighted by molar-refractivity contribution is 0.414. The smallest absolute Gasteiger partial charge is 0.118 e. The van der Waals surface area contributed by atoms with Gasteiger partial charge < -0.3 is 10.5 Å². The molecule has 0 atom stereocenters. The molecule has 2 N–H and O–H groups in total. The molecule has 0 bridgehead atoms. The predicted octanol–water partition coefficient (Wildman–Crippen LogP) is 2.46. The zero-order valence-electron chi connectivity index (χ0n) is 9.89. The Labute approximate surface area is 101 Å². The maximum atomic E-state index is 5.87. The van der Waals surface area contributed by atoms with Gasteiger partial charge in [0.25, 0.3) is 0 Å². The van der Waals surface area contributed by atoms with Gasteiger partial charge in [-0.15, -0.1) is 0 Å². The number of benzene rings is 1. The first-order valence-corrected chi connectivity index (χ1v) is 5.61. The molecule has 0 aliphatic carbocycles. The fourth-order valence-corrected chi connectivity index (χ4v) is 1.72. The van der Waals surface area contributed by atoms with Crippen LogP contribution in [0.25, 0.3) is 0 Å². The van der Waals surface area contributed by atoms with E-state index in [1.165, 1.54) is 5.56 Å². The standard InChI is InChI=1S/C14H16N2O/c1-17-13-6-3-11(4-7-13)2-5-12-10-16-9-8-14(12)15/h3-4,6-10H,2,5H2,1H3,(H2,15,16). The Hall–Kier alpha value is -2.03. The summed E-state index contributed by atoms with van der Waals surface area (Å²) in [5.74, 6) is 0.884. The molecule has 17 heavy (non-hydrogen) atoms. The highest BCUT2D eigenvalue weighted by atomic mass is 16.5. The average molecular weight is 228 g/mol. The van der Waals surface area contributed by atoms with Gasteiger partial charge in [-0.1, -0.05) is 12.1 Å². The maximum absolute atomic E-state index is 5.87. The van der Waals surface area contributed by atoms with Gasteiger partial charge in [0, 0.05) is 18.1 Å². The van der Waals surface area contributed by atoms with Gasteiger partial charge in [0.2, 0.25) is 0 Å². The monoisotopic (exact) mass is 228 g/mol. The molecule has 0 saturated carbocycles. The minimum Gasteiger partial charge on any atom is -0.497 e. The molecule has 0 radical (unpaired) electrons. The number of aromatic nitrogens is 1. The van der Waals surface area contributed by atoms with E-state index in [2.05, 4.69) is 17.1 Å². The zero-order valence-corrected chi connectivity index (χ0v) is 9.89. The summed E-state index contributed by atoms with van der Waals surface area (Å²) in [6, 6.07) is 9.93. The van der Waals surface area contributed by atoms with Crippen LogP contribution in [0.1, 0.15) is 11.1 Å². The van der Waals surface area contributed by atoms with E-state index in [0.717, 1.165) is 29.8 Å². The Balaban J connectivity index is 2.00. The van der Waals surface area contributed by atoms with Gasteiger partial charge in [-0.25, -0.2) is 0 Å². The number of nitrogens with two attached hydrogens (primary N) is 1. The van der Waals surface area contributed by atoms with Crippen molar-refractivity contribution in [3.8, 4) is 5.75 Å². The van der Waals surface area contributed by atoms with E-state index < -0.39 is 0 Å². The molecule has 0 fully saturated rings. The highest BCUT2D eigenvalue weighted by Crippen LogP contribution is 2.15. The number of nitrogen functional groups attached to an aromatic ring is 1. The third-order valence-electron chi connectivity index (χ3n) is 2.78. The fourth-order valence-electron chi connectivity index (χ4n) is 1.72. The first-order chi connectivity index (χ1) is 8.29. The number of anilines is 1. The van der Waals surface area contributed by atoms with Gasteiger partial charge in [-0.05, 0) is 42.2 Å². The molecule has 1 heterocycles. The van der Waals surface area contributed by atoms with Crippen LogP contribution in [0.4, 0.5) is 5.69 Å². The van der Waals surface area contributed by atoms with E-state index in [4.69, 9.17) is 10.5 Å². The summed E-state index contributed by atoms with van der Waals surface area (Å²) >= 11 is 0. The largest absolute Gasteiger partial charge is 0.497 e. The van der Waals surface area contributed by atoms with Crippen LogP contribution >= 0.6 is 0 Å². The first kappa shape index (κ1) is 11.5. The quantitative estimate of drug-likeness (QED) is 0.874. The minimum atomic E-state index is 0.813. The second-order valence-electron chi connectivity index (χ2n) is 3.92. The van der Waals surface area contributed by atoms with E-state index in [1.807, 2.05) is 24.4 Å². The second-order valence-corrected chi connectivity index (χ2v) is 3.92. The number of pyridine rings is 1. The summed E-state index contributed by atoms with van der Waals surface area (Å²) in [6.07, 6.45) is 5.41. The molecule has 0 unspecified atom stereocenters. The van der Waals surface area contributed by atoms with Crippen LogP contribution in [-0.4, -0.2) is 12.1 Å². The molecule has 0 spiro atoms. The van der Waals surface area contributed by atoms with Crippen molar-refractivity contribution >= 4 is 5.69 Å². The van der Waals surface area contributed by atoms with Crippen LogP contribution in [0.5, 0.6) is 5.75 Å². The van der Waals surface area contributed by atoms with Gasteiger partial charge in [0.05, 0.1) is 7.11 Å². The van der Waals surface area contributed by atoms with Gasteiger partial charge in [-0.3, -0.25) is 4.98 Å². The van der Waals surface area contributed by atoms with E-state index in [0.29, 0.717) is 0 Å². The van der Waals surface area contributed by atoms with Crippen molar-refractivity contribution in [1.29, 1.82) is 0 Å². The third-order valence-corrected chi connectivity index (χ3v) is 2.78. The summed E-state index contributed by atoms with van der Waals surface area (Å²) in [7, 11) is 1.67. The molecule has 3 nitrogen and oxygen atoms in total. The van der Waals surface area contributed by atoms with Gasteiger partial charge in [0.15, 0.2) is 0 Å². The molecule has 0 aliphatic rings. The van der Waals surface area contributed by atoms with Crippen LogP contribution in [0.15, 0.2) is 42.7 Å². The number of ether oxygens (including phenoxy) is 1. The van der Waals surface area contributed by atoms with Crippen molar-refractivity contribution in [3.05, 3.63) is 53.9 Å². The first-order valence-electron chi connectivity index (χ1n) is 5.61. The van der Waals surface area contributed by atoms with E-state index in [1.54, 1.807) is 13.3 Å². The number of nitrogens with zero attached hydrogens (tertiary/aromatic N) is 1. The number of hydrogen-bond donors (Lipinski definition) is 1. The van der Waals surface area contributed by atoms with E-state index in [9.17, 15) is 0 Å². The topological polar surface area (TPSA) is 48.1 Å². The average Bonchev–Trinajstić information content (AvgIpc) is 2.38. The van der Waals surface area contributed by atoms with Crippen LogP contribution in [-0.2, 0) is 12.8 Å². The lowest BCUT2D eigenvalue weighted by atomic mass is 10.0. The molecule has 1 aromatic carbocycles. The summed E-state index contributed by atoms with van der Waals surface area (Å²) in [5.41, 5.74) is 9.06. The number of aryl methyl sites for hydroxylation is 2. The Morgan fingerprint density at radius 1 is 1.12 bits per heavy atom. The highest BCUT2D eigenvalue weighted by molar-refractivity contribution is 5.44. The molecule has 1 aromatic heterocycles. The fraction of sp³-hybridized carbons (Fsp3) is 0.214. The van der Waals surface area contributed by atoms with Crippen molar-refractivity contribution in [2.45, 2.75) is 12.8 Å².